The molecule has 0 aliphatic carbocycles. The molecule has 0 fully saturated rings. The Bertz CT molecular complexity index is 729. The third-order valence-electron chi connectivity index (χ3n) is 6.10. The van der Waals surface area contributed by atoms with Gasteiger partial charge in [-0.2, -0.15) is 0 Å². The van der Waals surface area contributed by atoms with E-state index in [2.05, 4.69) is 55.4 Å². The monoisotopic (exact) mass is 513 g/mol. The summed E-state index contributed by atoms with van der Waals surface area (Å²) in [6.07, 6.45) is 0. The smallest absolute Gasteiger partial charge is 0.236 e. The summed E-state index contributed by atoms with van der Waals surface area (Å²) in [4.78, 5) is 14.4. The molecule has 171 valence electrons. The van der Waals surface area contributed by atoms with E-state index >= 15 is 0 Å². The number of aliphatic imine (C=N–C) groups is 2. The van der Waals surface area contributed by atoms with Gasteiger partial charge in [-0.3, -0.25) is 0 Å². The second-order valence-corrected chi connectivity index (χ2v) is 9.87. The van der Waals surface area contributed by atoms with Crippen LogP contribution in [0, 0.1) is 10.8 Å². The van der Waals surface area contributed by atoms with Crippen molar-refractivity contribution >= 4 is 11.8 Å². The first kappa shape index (κ1) is 31.7. The Hall–Kier alpha value is -0.456. The number of pyridine rings is 1. The van der Waals surface area contributed by atoms with Gasteiger partial charge < -0.3 is 46.7 Å². The molecule has 2 atom stereocenters. The van der Waals surface area contributed by atoms with E-state index in [0.29, 0.717) is 25.0 Å². The van der Waals surface area contributed by atoms with Gasteiger partial charge in [-0.05, 0) is 36.8 Å². The van der Waals surface area contributed by atoms with Gasteiger partial charge in [0, 0.05) is 18.6 Å². The van der Waals surface area contributed by atoms with Gasteiger partial charge in [-0.1, -0.05) is 47.6 Å². The summed E-state index contributed by atoms with van der Waals surface area (Å²) in [6.45, 7) is 18.5. The van der Waals surface area contributed by atoms with Crippen molar-refractivity contribution < 1.29 is 65.3 Å². The van der Waals surface area contributed by atoms with E-state index in [1.165, 1.54) is 0 Å². The maximum absolute atomic E-state index is 5.90. The van der Waals surface area contributed by atoms with Gasteiger partial charge in [-0.25, -0.2) is 15.0 Å². The SMILES string of the molecule is CC(C)(C)C1(C)COC(c2cccc(C3=NC(C)(C(C)(C)C)CO3)n2)=N1.[Cl-].[Cl-].[Cl-].[V]. The molecule has 0 N–H and O–H groups in total. The number of aromatic nitrogens is 1. The minimum absolute atomic E-state index is 0. The molecule has 3 rings (SSSR count). The normalized spacial score (nSPS) is 25.2. The van der Waals surface area contributed by atoms with Crippen LogP contribution in [-0.4, -0.2) is 41.1 Å². The van der Waals surface area contributed by atoms with Gasteiger partial charge in [-0.15, -0.1) is 0 Å². The zero-order valence-electron chi connectivity index (χ0n) is 18.9. The second kappa shape index (κ2) is 10.4. The number of ether oxygens (including phenoxy) is 2. The zero-order chi connectivity index (χ0) is 19.4. The maximum Gasteiger partial charge on any atom is 0.236 e. The summed E-state index contributed by atoms with van der Waals surface area (Å²) in [5.74, 6) is 1.20. The van der Waals surface area contributed by atoms with Gasteiger partial charge in [0.1, 0.15) is 35.7 Å². The van der Waals surface area contributed by atoms with E-state index in [-0.39, 0.29) is 77.7 Å². The molecule has 0 bridgehead atoms. The predicted octanol–water partition coefficient (Wildman–Crippen LogP) is -4.75. The summed E-state index contributed by atoms with van der Waals surface area (Å²) in [5, 5.41) is 0. The molecule has 0 saturated heterocycles. The van der Waals surface area contributed by atoms with Crippen LogP contribution in [-0.2, 0) is 28.0 Å². The van der Waals surface area contributed by atoms with Crippen molar-refractivity contribution in [2.45, 2.75) is 66.5 Å². The maximum atomic E-state index is 5.90. The standard InChI is InChI=1S/C21H31N3O2.3ClH.V/c1-18(2,3)20(7)12-25-16(23-20)14-10-9-11-15(22-14)17-24-21(8,13-26-17)19(4,5)6;;;;/h9-11H,12-13H2,1-8H3;3*1H;/p-3. The van der Waals surface area contributed by atoms with E-state index < -0.39 is 0 Å². The fraction of sp³-hybridized carbons (Fsp3) is 0.667. The van der Waals surface area contributed by atoms with Crippen molar-refractivity contribution in [3.8, 4) is 0 Å². The third kappa shape index (κ3) is 5.86. The Balaban J connectivity index is 0. The molecule has 2 aliphatic rings. The fourth-order valence-corrected chi connectivity index (χ4v) is 2.70. The van der Waals surface area contributed by atoms with Gasteiger partial charge >= 0.3 is 0 Å². The van der Waals surface area contributed by atoms with Crippen LogP contribution in [0.5, 0.6) is 0 Å². The van der Waals surface area contributed by atoms with Gasteiger partial charge in [0.05, 0.1) is 0 Å². The first-order valence-corrected chi connectivity index (χ1v) is 9.28. The van der Waals surface area contributed by atoms with E-state index in [0.717, 1.165) is 11.4 Å². The number of halogens is 3. The average Bonchev–Trinajstić information content (AvgIpc) is 3.12. The van der Waals surface area contributed by atoms with Crippen LogP contribution in [0.1, 0.15) is 66.8 Å². The van der Waals surface area contributed by atoms with Crippen LogP contribution in [0.25, 0.3) is 0 Å². The quantitative estimate of drug-likeness (QED) is 0.399. The van der Waals surface area contributed by atoms with Crippen molar-refractivity contribution in [3.63, 3.8) is 0 Å². The summed E-state index contributed by atoms with van der Waals surface area (Å²) < 4.78 is 11.8. The minimum Gasteiger partial charge on any atom is -1.00 e. The molecule has 30 heavy (non-hydrogen) atoms. The van der Waals surface area contributed by atoms with E-state index in [1.54, 1.807) is 0 Å². The molecular formula is C21H31Cl3N3O2V-3. The fourth-order valence-electron chi connectivity index (χ4n) is 2.70. The third-order valence-corrected chi connectivity index (χ3v) is 6.10. The molecule has 0 saturated carbocycles. The molecule has 1 radical (unpaired) electrons. The van der Waals surface area contributed by atoms with Gasteiger partial charge in [0.25, 0.3) is 0 Å². The van der Waals surface area contributed by atoms with Crippen LogP contribution in [0.15, 0.2) is 28.2 Å². The molecule has 1 aromatic heterocycles. The van der Waals surface area contributed by atoms with Crippen molar-refractivity contribution in [2.75, 3.05) is 13.2 Å². The number of nitrogens with zero attached hydrogens (tertiary/aromatic N) is 3. The van der Waals surface area contributed by atoms with Crippen LogP contribution in [0.2, 0.25) is 0 Å². The Morgan fingerprint density at radius 3 is 1.33 bits per heavy atom. The van der Waals surface area contributed by atoms with Gasteiger partial charge in [0.15, 0.2) is 0 Å². The molecule has 2 aliphatic heterocycles. The largest absolute Gasteiger partial charge is 1.00 e. The van der Waals surface area contributed by atoms with Crippen LogP contribution >= 0.6 is 0 Å². The summed E-state index contributed by atoms with van der Waals surface area (Å²) >= 11 is 0. The molecule has 1 aromatic rings. The summed E-state index contributed by atoms with van der Waals surface area (Å²) in [7, 11) is 0. The Morgan fingerprint density at radius 1 is 0.733 bits per heavy atom. The molecule has 2 unspecified atom stereocenters. The molecule has 0 amide bonds. The minimum atomic E-state index is -0.258. The Kier molecular flexibility index (Phi) is 11.0. The molecule has 5 nitrogen and oxygen atoms in total. The summed E-state index contributed by atoms with van der Waals surface area (Å²) in [6, 6.07) is 5.80. The number of rotatable bonds is 2. The van der Waals surface area contributed by atoms with Crippen molar-refractivity contribution in [1.82, 2.24) is 4.98 Å². The van der Waals surface area contributed by atoms with Crippen LogP contribution in [0.3, 0.4) is 0 Å². The zero-order valence-corrected chi connectivity index (χ0v) is 22.5. The number of hydrogen-bond acceptors (Lipinski definition) is 5. The van der Waals surface area contributed by atoms with Crippen LogP contribution < -0.4 is 37.2 Å². The Morgan fingerprint density at radius 2 is 1.07 bits per heavy atom. The van der Waals surface area contributed by atoms with Crippen molar-refractivity contribution in [2.24, 2.45) is 20.8 Å². The van der Waals surface area contributed by atoms with E-state index in [4.69, 9.17) is 24.4 Å². The summed E-state index contributed by atoms with van der Waals surface area (Å²) in [5.41, 5.74) is 0.967. The average molecular weight is 515 g/mol. The number of hydrogen-bond donors (Lipinski definition) is 0. The molecule has 0 aromatic carbocycles. The second-order valence-electron chi connectivity index (χ2n) is 9.87. The Labute approximate surface area is 211 Å². The van der Waals surface area contributed by atoms with Crippen LogP contribution in [0.4, 0.5) is 0 Å². The van der Waals surface area contributed by atoms with Gasteiger partial charge in [0.2, 0.25) is 11.8 Å². The first-order chi connectivity index (χ1) is 11.8. The van der Waals surface area contributed by atoms with Crippen molar-refractivity contribution in [3.05, 3.63) is 29.6 Å². The van der Waals surface area contributed by atoms with E-state index in [1.807, 2.05) is 18.2 Å². The molecule has 9 heteroatoms. The molecule has 0 spiro atoms. The predicted molar refractivity (Wildman–Crippen MR) is 105 cm³/mol. The van der Waals surface area contributed by atoms with Crippen molar-refractivity contribution in [1.29, 1.82) is 0 Å². The topological polar surface area (TPSA) is 56.1 Å². The first-order valence-electron chi connectivity index (χ1n) is 9.28. The molecular weight excluding hydrogens is 484 g/mol. The molecule has 3 heterocycles. The van der Waals surface area contributed by atoms with E-state index in [9.17, 15) is 0 Å².